The van der Waals surface area contributed by atoms with Crippen LogP contribution >= 0.6 is 0 Å². The van der Waals surface area contributed by atoms with Gasteiger partial charge in [0.25, 0.3) is 15.9 Å². The first-order valence-corrected chi connectivity index (χ1v) is 10.0. The molecule has 0 saturated carbocycles. The van der Waals surface area contributed by atoms with Crippen LogP contribution in [0.3, 0.4) is 0 Å². The van der Waals surface area contributed by atoms with Crippen molar-refractivity contribution in [2.75, 3.05) is 24.7 Å². The molecule has 1 aromatic carbocycles. The van der Waals surface area contributed by atoms with Gasteiger partial charge in [0.15, 0.2) is 6.10 Å². The number of amidine groups is 1. The second-order valence-electron chi connectivity index (χ2n) is 6.08. The van der Waals surface area contributed by atoms with Gasteiger partial charge in [-0.15, -0.1) is 4.40 Å². The highest BCUT2D eigenvalue weighted by Gasteiger charge is 2.27. The topological polar surface area (TPSA) is 114 Å². The predicted molar refractivity (Wildman–Crippen MR) is 102 cm³/mol. The summed E-state index contributed by atoms with van der Waals surface area (Å²) in [6, 6.07) is 6.87. The molecule has 10 heteroatoms. The molecule has 9 nitrogen and oxygen atoms in total. The molecule has 3 rings (SSSR count). The quantitative estimate of drug-likeness (QED) is 0.729. The van der Waals surface area contributed by atoms with Crippen LogP contribution in [0.1, 0.15) is 6.92 Å². The molecule has 0 bridgehead atoms. The van der Waals surface area contributed by atoms with Crippen molar-refractivity contribution in [1.82, 2.24) is 4.90 Å². The van der Waals surface area contributed by atoms with Gasteiger partial charge in [0.1, 0.15) is 11.6 Å². The number of ether oxygens (including phenoxy) is 2. The van der Waals surface area contributed by atoms with Crippen molar-refractivity contribution >= 4 is 33.4 Å². The van der Waals surface area contributed by atoms with Gasteiger partial charge in [0.05, 0.1) is 24.1 Å². The van der Waals surface area contributed by atoms with Crippen molar-refractivity contribution in [3.63, 3.8) is 0 Å². The van der Waals surface area contributed by atoms with Gasteiger partial charge in [0, 0.05) is 12.7 Å². The molecule has 1 N–H and O–H groups in total. The summed E-state index contributed by atoms with van der Waals surface area (Å²) in [5.74, 6) is -0.624. The fraction of sp³-hybridized carbons (Fsp3) is 0.278. The van der Waals surface area contributed by atoms with Crippen LogP contribution in [0.25, 0.3) is 0 Å². The number of hydrogen-bond acceptors (Lipinski definition) is 7. The number of amides is 1. The first-order valence-electron chi connectivity index (χ1n) is 8.43. The molecule has 2 aliphatic heterocycles. The van der Waals surface area contributed by atoms with Crippen molar-refractivity contribution in [1.29, 1.82) is 0 Å². The number of sulfonamides is 1. The van der Waals surface area contributed by atoms with E-state index in [1.807, 2.05) is 0 Å². The summed E-state index contributed by atoms with van der Waals surface area (Å²) in [6.07, 6.45) is 3.24. The largest absolute Gasteiger partial charge is 0.495 e. The lowest BCUT2D eigenvalue weighted by Gasteiger charge is -2.27. The standard InChI is InChI=1S/C18H19N3O6S/c1-12(17(22)19-14-5-3-4-6-15(14)26-2)27-18(23)13-7-8-16-20-28(24,25)10-9-21(16)11-13/h3-8,11-12H,9-10H2,1-2H3,(H,19,22)/t12-/m0/s1. The minimum Gasteiger partial charge on any atom is -0.495 e. The maximum Gasteiger partial charge on any atom is 0.340 e. The molecule has 0 aromatic heterocycles. The SMILES string of the molecule is COc1ccccc1NC(=O)[C@H](C)OC(=O)C1=CN2CCS(=O)(=O)N=C2C=C1. The lowest BCUT2D eigenvalue weighted by atomic mass is 10.2. The molecule has 0 unspecified atom stereocenters. The molecule has 1 amide bonds. The van der Waals surface area contributed by atoms with Crippen molar-refractivity contribution in [2.45, 2.75) is 13.0 Å². The molecule has 1 atom stereocenters. The highest BCUT2D eigenvalue weighted by molar-refractivity contribution is 7.90. The molecule has 28 heavy (non-hydrogen) atoms. The second kappa shape index (κ2) is 7.85. The van der Waals surface area contributed by atoms with E-state index in [0.717, 1.165) is 0 Å². The number of nitrogens with one attached hydrogen (secondary N) is 1. The van der Waals surface area contributed by atoms with Crippen molar-refractivity contribution in [3.05, 3.63) is 48.2 Å². The molecule has 2 aliphatic rings. The zero-order valence-corrected chi connectivity index (χ0v) is 16.1. The average Bonchev–Trinajstić information content (AvgIpc) is 2.67. The summed E-state index contributed by atoms with van der Waals surface area (Å²) in [5.41, 5.74) is 0.653. The minimum absolute atomic E-state index is 0.138. The van der Waals surface area contributed by atoms with E-state index in [1.54, 1.807) is 29.2 Å². The summed E-state index contributed by atoms with van der Waals surface area (Å²) in [7, 11) is -1.98. The maximum absolute atomic E-state index is 12.4. The van der Waals surface area contributed by atoms with Crippen LogP contribution in [-0.2, 0) is 24.3 Å². The Morgan fingerprint density at radius 3 is 2.75 bits per heavy atom. The lowest BCUT2D eigenvalue weighted by Crippen LogP contribution is -2.37. The maximum atomic E-state index is 12.4. The Labute approximate surface area is 162 Å². The number of anilines is 1. The molecule has 0 radical (unpaired) electrons. The molecule has 0 saturated heterocycles. The summed E-state index contributed by atoms with van der Waals surface area (Å²) in [6.45, 7) is 1.64. The smallest absolute Gasteiger partial charge is 0.340 e. The van der Waals surface area contributed by atoms with Crippen LogP contribution in [0.2, 0.25) is 0 Å². The zero-order chi connectivity index (χ0) is 20.3. The van der Waals surface area contributed by atoms with Crippen molar-refractivity contribution < 1.29 is 27.5 Å². The summed E-state index contributed by atoms with van der Waals surface area (Å²) in [5, 5.41) is 2.65. The number of carbonyl (C=O) groups excluding carboxylic acids is 2. The third-order valence-corrected chi connectivity index (χ3v) is 5.24. The fourth-order valence-electron chi connectivity index (χ4n) is 2.59. The molecular formula is C18H19N3O6S. The van der Waals surface area contributed by atoms with Crippen LogP contribution in [0.4, 0.5) is 5.69 Å². The van der Waals surface area contributed by atoms with E-state index in [-0.39, 0.29) is 23.7 Å². The number of fused-ring (bicyclic) bond motifs is 1. The lowest BCUT2D eigenvalue weighted by molar-refractivity contribution is -0.149. The number of esters is 1. The van der Waals surface area contributed by atoms with Crippen LogP contribution in [0.5, 0.6) is 5.75 Å². The van der Waals surface area contributed by atoms with E-state index >= 15 is 0 Å². The summed E-state index contributed by atoms with van der Waals surface area (Å²) in [4.78, 5) is 26.2. The first kappa shape index (κ1) is 19.6. The Morgan fingerprint density at radius 2 is 2.00 bits per heavy atom. The third-order valence-electron chi connectivity index (χ3n) is 4.08. The van der Waals surface area contributed by atoms with Crippen LogP contribution < -0.4 is 10.1 Å². The van der Waals surface area contributed by atoms with Crippen molar-refractivity contribution in [2.24, 2.45) is 4.40 Å². The monoisotopic (exact) mass is 405 g/mol. The highest BCUT2D eigenvalue weighted by Crippen LogP contribution is 2.23. The van der Waals surface area contributed by atoms with E-state index in [2.05, 4.69) is 9.71 Å². The molecule has 0 spiro atoms. The van der Waals surface area contributed by atoms with Gasteiger partial charge in [-0.25, -0.2) is 13.2 Å². The van der Waals surface area contributed by atoms with E-state index < -0.39 is 28.0 Å². The molecular weight excluding hydrogens is 386 g/mol. The van der Waals surface area contributed by atoms with Gasteiger partial charge in [-0.2, -0.15) is 0 Å². The number of para-hydroxylation sites is 2. The number of benzene rings is 1. The number of nitrogens with zero attached hydrogens (tertiary/aromatic N) is 2. The Morgan fingerprint density at radius 1 is 1.25 bits per heavy atom. The van der Waals surface area contributed by atoms with Gasteiger partial charge in [0.2, 0.25) is 0 Å². The number of hydrogen-bond donors (Lipinski definition) is 1. The number of methoxy groups -OCH3 is 1. The van der Waals surface area contributed by atoms with Crippen LogP contribution in [-0.4, -0.2) is 56.5 Å². The second-order valence-corrected chi connectivity index (χ2v) is 7.84. The Bertz CT molecular complexity index is 996. The zero-order valence-electron chi connectivity index (χ0n) is 15.3. The van der Waals surface area contributed by atoms with Crippen LogP contribution in [0.15, 0.2) is 52.6 Å². The normalized spacial score (nSPS) is 18.3. The van der Waals surface area contributed by atoms with Crippen LogP contribution in [0, 0.1) is 0 Å². The fourth-order valence-corrected chi connectivity index (χ4v) is 3.56. The molecule has 2 heterocycles. The van der Waals surface area contributed by atoms with Crippen molar-refractivity contribution in [3.8, 4) is 5.75 Å². The Hall–Kier alpha value is -3.14. The molecule has 1 aromatic rings. The average molecular weight is 405 g/mol. The molecule has 0 fully saturated rings. The number of rotatable bonds is 5. The Kier molecular flexibility index (Phi) is 5.50. The van der Waals surface area contributed by atoms with Gasteiger partial charge >= 0.3 is 5.97 Å². The van der Waals surface area contributed by atoms with E-state index in [0.29, 0.717) is 11.4 Å². The van der Waals surface area contributed by atoms with E-state index in [4.69, 9.17) is 9.47 Å². The van der Waals surface area contributed by atoms with Gasteiger partial charge < -0.3 is 19.7 Å². The predicted octanol–water partition coefficient (Wildman–Crippen LogP) is 1.06. The summed E-state index contributed by atoms with van der Waals surface area (Å²) >= 11 is 0. The minimum atomic E-state index is -3.47. The van der Waals surface area contributed by atoms with E-state index in [9.17, 15) is 18.0 Å². The highest BCUT2D eigenvalue weighted by atomic mass is 32.2. The summed E-state index contributed by atoms with van der Waals surface area (Å²) < 4.78 is 37.1. The molecule has 0 aliphatic carbocycles. The third kappa shape index (κ3) is 4.39. The van der Waals surface area contributed by atoms with Gasteiger partial charge in [-0.05, 0) is 31.2 Å². The van der Waals surface area contributed by atoms with Gasteiger partial charge in [-0.1, -0.05) is 12.1 Å². The van der Waals surface area contributed by atoms with E-state index in [1.165, 1.54) is 32.4 Å². The molecule has 148 valence electrons. The first-order chi connectivity index (χ1) is 13.3. The van der Waals surface area contributed by atoms with Gasteiger partial charge in [-0.3, -0.25) is 4.79 Å². The number of carbonyl (C=O) groups is 2. The Balaban J connectivity index is 1.64.